The maximum absolute atomic E-state index is 12.8. The van der Waals surface area contributed by atoms with Crippen molar-refractivity contribution in [1.82, 2.24) is 16.0 Å². The van der Waals surface area contributed by atoms with Gasteiger partial charge in [0.2, 0.25) is 17.7 Å². The lowest BCUT2D eigenvalue weighted by atomic mass is 10.0. The molecule has 1 rings (SSSR count). The van der Waals surface area contributed by atoms with Gasteiger partial charge in [0.25, 0.3) is 5.91 Å². The van der Waals surface area contributed by atoms with Crippen molar-refractivity contribution in [2.24, 2.45) is 16.6 Å². The average molecular weight is 521 g/mol. The van der Waals surface area contributed by atoms with Crippen LogP contribution < -0.4 is 27.4 Å². The third-order valence-electron chi connectivity index (χ3n) is 4.92. The highest BCUT2D eigenvalue weighted by Gasteiger charge is 2.25. The fourth-order valence-electron chi connectivity index (χ4n) is 3.04. The van der Waals surface area contributed by atoms with Crippen molar-refractivity contribution in [2.45, 2.75) is 37.8 Å². The summed E-state index contributed by atoms with van der Waals surface area (Å²) in [5.41, 5.74) is 20.3. The lowest BCUT2D eigenvalue weighted by Gasteiger charge is -2.20. The van der Waals surface area contributed by atoms with Crippen LogP contribution in [0.4, 0.5) is 0 Å². The molecular weight excluding hydrogens is 484 g/mol. The number of amides is 4. The first kappa shape index (κ1) is 31.5. The van der Waals surface area contributed by atoms with Gasteiger partial charge >= 0.3 is 0 Å². The van der Waals surface area contributed by atoms with Crippen molar-refractivity contribution in [3.8, 4) is 0 Å². The molecule has 0 aliphatic rings. The number of nitrogens with two attached hydrogens (primary N) is 2. The van der Waals surface area contributed by atoms with Gasteiger partial charge in [-0.05, 0) is 30.5 Å². The summed E-state index contributed by atoms with van der Waals surface area (Å²) in [4.78, 5) is 51.8. The number of hydrogen-bond acceptors (Lipinski definition) is 9. The molecule has 0 unspecified atom stereocenters. The molecule has 204 valence electrons. The van der Waals surface area contributed by atoms with Gasteiger partial charge in [0.05, 0.1) is 19.3 Å². The largest absolute Gasteiger partial charge is 0.379 e. The Morgan fingerprint density at radius 3 is 2.43 bits per heavy atom. The van der Waals surface area contributed by atoms with E-state index in [1.807, 2.05) is 6.07 Å². The van der Waals surface area contributed by atoms with Crippen LogP contribution in [0.1, 0.15) is 24.8 Å². The summed E-state index contributed by atoms with van der Waals surface area (Å²) in [6.45, 7) is 0.406. The zero-order valence-electron chi connectivity index (χ0n) is 20.8. The second kappa shape index (κ2) is 19.6. The predicted molar refractivity (Wildman–Crippen MR) is 135 cm³/mol. The van der Waals surface area contributed by atoms with E-state index in [4.69, 9.17) is 26.5 Å². The summed E-state index contributed by atoms with van der Waals surface area (Å²) >= 11 is 0. The highest BCUT2D eigenvalue weighted by atomic mass is 16.5. The summed E-state index contributed by atoms with van der Waals surface area (Å²) < 4.78 is 10.2. The second-order valence-corrected chi connectivity index (χ2v) is 7.96. The van der Waals surface area contributed by atoms with E-state index in [0.717, 1.165) is 12.0 Å². The third kappa shape index (κ3) is 15.2. The molecule has 0 fully saturated rings. The lowest BCUT2D eigenvalue weighted by Crippen LogP contribution is -2.53. The number of benzene rings is 1. The van der Waals surface area contributed by atoms with Crippen LogP contribution in [-0.4, -0.2) is 81.8 Å². The van der Waals surface area contributed by atoms with E-state index in [1.165, 1.54) is 0 Å². The van der Waals surface area contributed by atoms with Gasteiger partial charge in [-0.15, -0.1) is 0 Å². The molecule has 0 spiro atoms. The van der Waals surface area contributed by atoms with Crippen molar-refractivity contribution in [2.75, 3.05) is 46.1 Å². The van der Waals surface area contributed by atoms with Gasteiger partial charge < -0.3 is 31.6 Å². The van der Waals surface area contributed by atoms with Crippen LogP contribution in [0.25, 0.3) is 10.4 Å². The van der Waals surface area contributed by atoms with Crippen molar-refractivity contribution < 1.29 is 28.7 Å². The Hall–Kier alpha value is -3.55. The number of azide groups is 1. The van der Waals surface area contributed by atoms with Crippen LogP contribution in [-0.2, 0) is 35.1 Å². The van der Waals surface area contributed by atoms with E-state index in [1.54, 1.807) is 24.3 Å². The van der Waals surface area contributed by atoms with Crippen LogP contribution in [0.2, 0.25) is 0 Å². The number of rotatable bonds is 19. The standard InChI is InChI=1S/C23H36N8O6/c24-9-5-4-8-18(25)22(34)29-19(14-17-6-2-1-3-7-17)23(35)30-21(33)16-37-15-20(32)27-10-12-36-13-11-28-31-26/h1-3,6-7,18-19H,4-5,8-16,24-25H2,(H,27,32)(H,29,34)(H,30,33,35)/t18-,19-/m0/s1. The molecule has 2 atom stereocenters. The van der Waals surface area contributed by atoms with E-state index in [0.29, 0.717) is 19.4 Å². The van der Waals surface area contributed by atoms with Gasteiger partial charge in [-0.2, -0.15) is 0 Å². The first-order valence-electron chi connectivity index (χ1n) is 11.9. The highest BCUT2D eigenvalue weighted by Crippen LogP contribution is 2.05. The van der Waals surface area contributed by atoms with E-state index >= 15 is 0 Å². The van der Waals surface area contributed by atoms with Crippen LogP contribution in [0.5, 0.6) is 0 Å². The van der Waals surface area contributed by atoms with Crippen molar-refractivity contribution in [3.05, 3.63) is 46.3 Å². The number of carbonyl (C=O) groups excluding carboxylic acids is 4. The van der Waals surface area contributed by atoms with Crippen molar-refractivity contribution >= 4 is 23.6 Å². The number of imide groups is 1. The molecule has 14 heteroatoms. The maximum Gasteiger partial charge on any atom is 0.252 e. The third-order valence-corrected chi connectivity index (χ3v) is 4.92. The Kier molecular flexibility index (Phi) is 16.7. The summed E-state index contributed by atoms with van der Waals surface area (Å²) in [6.07, 6.45) is 1.97. The molecule has 0 saturated heterocycles. The molecular formula is C23H36N8O6. The number of unbranched alkanes of at least 4 members (excludes halogenated alkanes) is 1. The minimum atomic E-state index is -1.04. The monoisotopic (exact) mass is 520 g/mol. The Balaban J connectivity index is 2.48. The molecule has 0 aliphatic heterocycles. The van der Waals surface area contributed by atoms with Gasteiger partial charge in [0.1, 0.15) is 19.3 Å². The Labute approximate surface area is 215 Å². The molecule has 4 amide bonds. The molecule has 0 aromatic heterocycles. The number of ether oxygens (including phenoxy) is 2. The average Bonchev–Trinajstić information content (AvgIpc) is 2.88. The van der Waals surface area contributed by atoms with Gasteiger partial charge in [0, 0.05) is 24.4 Å². The summed E-state index contributed by atoms with van der Waals surface area (Å²) in [5.74, 6) is -2.47. The fourth-order valence-corrected chi connectivity index (χ4v) is 3.04. The first-order chi connectivity index (χ1) is 17.9. The van der Waals surface area contributed by atoms with Crippen LogP contribution in [0, 0.1) is 0 Å². The molecule has 0 saturated carbocycles. The minimum Gasteiger partial charge on any atom is -0.379 e. The summed E-state index contributed by atoms with van der Waals surface area (Å²) in [5, 5.41) is 10.6. The zero-order chi connectivity index (χ0) is 27.3. The van der Waals surface area contributed by atoms with Crippen LogP contribution in [0.3, 0.4) is 0 Å². The first-order valence-corrected chi connectivity index (χ1v) is 11.9. The summed E-state index contributed by atoms with van der Waals surface area (Å²) in [7, 11) is 0. The van der Waals surface area contributed by atoms with Gasteiger partial charge in [-0.1, -0.05) is 41.9 Å². The van der Waals surface area contributed by atoms with Crippen molar-refractivity contribution in [1.29, 1.82) is 0 Å². The molecule has 0 bridgehead atoms. The quantitative estimate of drug-likeness (QED) is 0.0675. The summed E-state index contributed by atoms with van der Waals surface area (Å²) in [6, 6.07) is 7.15. The molecule has 1 aromatic rings. The van der Waals surface area contributed by atoms with E-state index in [-0.39, 0.29) is 32.7 Å². The smallest absolute Gasteiger partial charge is 0.252 e. The Morgan fingerprint density at radius 2 is 1.73 bits per heavy atom. The minimum absolute atomic E-state index is 0.148. The Bertz CT molecular complexity index is 894. The second-order valence-electron chi connectivity index (χ2n) is 7.96. The predicted octanol–water partition coefficient (Wildman–Crippen LogP) is -0.727. The van der Waals surface area contributed by atoms with E-state index in [9.17, 15) is 19.2 Å². The van der Waals surface area contributed by atoms with E-state index < -0.39 is 48.9 Å². The number of nitrogens with one attached hydrogen (secondary N) is 3. The molecule has 0 aliphatic carbocycles. The molecule has 0 heterocycles. The van der Waals surface area contributed by atoms with Gasteiger partial charge in [-0.25, -0.2) is 0 Å². The van der Waals surface area contributed by atoms with Gasteiger partial charge in [-0.3, -0.25) is 24.5 Å². The number of hydrogen-bond donors (Lipinski definition) is 5. The lowest BCUT2D eigenvalue weighted by molar-refractivity contribution is -0.137. The Morgan fingerprint density at radius 1 is 1.00 bits per heavy atom. The maximum atomic E-state index is 12.8. The topological polar surface area (TPSA) is 224 Å². The molecule has 1 aromatic carbocycles. The molecule has 0 radical (unpaired) electrons. The molecule has 14 nitrogen and oxygen atoms in total. The normalized spacial score (nSPS) is 12.1. The highest BCUT2D eigenvalue weighted by molar-refractivity contribution is 6.00. The van der Waals surface area contributed by atoms with Crippen molar-refractivity contribution in [3.63, 3.8) is 0 Å². The number of nitrogens with zero attached hydrogens (tertiary/aromatic N) is 3. The van der Waals surface area contributed by atoms with Gasteiger partial charge in [0.15, 0.2) is 0 Å². The molecule has 37 heavy (non-hydrogen) atoms. The number of carbonyl (C=O) groups is 4. The SMILES string of the molecule is [N-]=[N+]=NCCOCCNC(=O)COCC(=O)NC(=O)[C@H](Cc1ccccc1)NC(=O)[C@@H](N)CCCCN. The van der Waals surface area contributed by atoms with E-state index in [2.05, 4.69) is 26.0 Å². The zero-order valence-corrected chi connectivity index (χ0v) is 20.8. The molecule has 7 N–H and O–H groups in total. The van der Waals surface area contributed by atoms with Crippen LogP contribution >= 0.6 is 0 Å². The van der Waals surface area contributed by atoms with Crippen LogP contribution in [0.15, 0.2) is 35.4 Å². The fraction of sp³-hybridized carbons (Fsp3) is 0.565.